The standard InChI is InChI=1S/C31H30O15/c1-15(32)39-14-23-25(40-16(2)33)26(41-17(3)34)28(42-18(4)35)31(45-23)43-20-11-12-21-22(13-20)44-30(37)27(24(21)38-5)46-29(36)19-9-7-6-8-10-19/h6-13,23,25-26,28,31H,14H2,1-5H3/t23-,25-,26+,28+,31+/m1/s1. The number of ether oxygens (including phenoxy) is 8. The van der Waals surface area contributed by atoms with Crippen molar-refractivity contribution in [1.29, 1.82) is 0 Å². The fourth-order valence-electron chi connectivity index (χ4n) is 4.64. The van der Waals surface area contributed by atoms with Gasteiger partial charge in [0.05, 0.1) is 18.1 Å². The normalized spacial score (nSPS) is 20.6. The molecule has 2 aromatic carbocycles. The molecule has 2 heterocycles. The second-order valence-electron chi connectivity index (χ2n) is 9.85. The van der Waals surface area contributed by atoms with Gasteiger partial charge < -0.3 is 42.3 Å². The molecule has 46 heavy (non-hydrogen) atoms. The number of methoxy groups -OCH3 is 1. The number of carbonyl (C=O) groups is 5. The number of hydrogen-bond acceptors (Lipinski definition) is 15. The van der Waals surface area contributed by atoms with Gasteiger partial charge in [-0.1, -0.05) is 18.2 Å². The highest BCUT2D eigenvalue weighted by Gasteiger charge is 2.53. The molecule has 1 aromatic heterocycles. The molecule has 0 spiro atoms. The van der Waals surface area contributed by atoms with Crippen molar-refractivity contribution in [2.75, 3.05) is 13.7 Å². The second kappa shape index (κ2) is 14.6. The van der Waals surface area contributed by atoms with Crippen molar-refractivity contribution in [3.63, 3.8) is 0 Å². The molecule has 244 valence electrons. The molecule has 3 aromatic rings. The Kier molecular flexibility index (Phi) is 10.6. The molecular weight excluding hydrogens is 612 g/mol. The zero-order valence-electron chi connectivity index (χ0n) is 25.3. The van der Waals surface area contributed by atoms with Crippen molar-refractivity contribution >= 4 is 40.8 Å². The summed E-state index contributed by atoms with van der Waals surface area (Å²) in [4.78, 5) is 73.2. The van der Waals surface area contributed by atoms with Gasteiger partial charge >= 0.3 is 35.5 Å². The van der Waals surface area contributed by atoms with Gasteiger partial charge in [0.15, 0.2) is 18.0 Å². The van der Waals surface area contributed by atoms with Crippen LogP contribution in [-0.2, 0) is 42.9 Å². The van der Waals surface area contributed by atoms with Crippen LogP contribution in [-0.4, -0.2) is 74.3 Å². The Labute approximate surface area is 261 Å². The first-order chi connectivity index (χ1) is 21.9. The molecule has 1 fully saturated rings. The van der Waals surface area contributed by atoms with E-state index in [1.165, 1.54) is 37.4 Å². The number of rotatable bonds is 10. The van der Waals surface area contributed by atoms with Crippen molar-refractivity contribution in [2.45, 2.75) is 58.4 Å². The van der Waals surface area contributed by atoms with Crippen LogP contribution in [0.2, 0.25) is 0 Å². The summed E-state index contributed by atoms with van der Waals surface area (Å²) >= 11 is 0. The van der Waals surface area contributed by atoms with Crippen molar-refractivity contribution in [1.82, 2.24) is 0 Å². The minimum Gasteiger partial charge on any atom is -0.492 e. The third kappa shape index (κ3) is 7.98. The van der Waals surface area contributed by atoms with Gasteiger partial charge in [0.2, 0.25) is 12.4 Å². The van der Waals surface area contributed by atoms with Gasteiger partial charge in [-0.3, -0.25) is 19.2 Å². The van der Waals surface area contributed by atoms with E-state index >= 15 is 0 Å². The third-order valence-electron chi connectivity index (χ3n) is 6.40. The molecule has 4 rings (SSSR count). The molecule has 1 saturated heterocycles. The van der Waals surface area contributed by atoms with E-state index in [0.29, 0.717) is 0 Å². The number of carbonyl (C=O) groups excluding carboxylic acids is 5. The zero-order valence-corrected chi connectivity index (χ0v) is 25.3. The van der Waals surface area contributed by atoms with Gasteiger partial charge in [-0.15, -0.1) is 0 Å². The lowest BCUT2D eigenvalue weighted by atomic mass is 9.98. The maximum atomic E-state index is 12.9. The van der Waals surface area contributed by atoms with Crippen LogP contribution in [0.15, 0.2) is 57.7 Å². The molecule has 1 aliphatic heterocycles. The summed E-state index contributed by atoms with van der Waals surface area (Å²) in [5.74, 6) is -4.46. The first kappa shape index (κ1) is 33.5. The molecule has 0 bridgehead atoms. The molecule has 0 N–H and O–H groups in total. The maximum Gasteiger partial charge on any atom is 0.383 e. The van der Waals surface area contributed by atoms with Gasteiger partial charge in [0, 0.05) is 33.8 Å². The van der Waals surface area contributed by atoms with Crippen molar-refractivity contribution < 1.29 is 66.3 Å². The molecule has 0 saturated carbocycles. The summed E-state index contributed by atoms with van der Waals surface area (Å²) in [5.41, 5.74) is -0.889. The van der Waals surface area contributed by atoms with Gasteiger partial charge in [0.25, 0.3) is 5.75 Å². The summed E-state index contributed by atoms with van der Waals surface area (Å²) in [6, 6.07) is 12.1. The van der Waals surface area contributed by atoms with E-state index in [1.807, 2.05) is 0 Å². The van der Waals surface area contributed by atoms with Crippen LogP contribution >= 0.6 is 0 Å². The molecule has 0 unspecified atom stereocenters. The smallest absolute Gasteiger partial charge is 0.383 e. The fraction of sp³-hybridized carbons (Fsp3) is 0.355. The quantitative estimate of drug-likeness (QED) is 0.178. The number of fused-ring (bicyclic) bond motifs is 1. The van der Waals surface area contributed by atoms with Crippen molar-refractivity contribution in [3.05, 3.63) is 64.5 Å². The first-order valence-electron chi connectivity index (χ1n) is 13.8. The molecule has 1 aliphatic rings. The third-order valence-corrected chi connectivity index (χ3v) is 6.40. The predicted molar refractivity (Wildman–Crippen MR) is 153 cm³/mol. The Morgan fingerprint density at radius 3 is 2.00 bits per heavy atom. The van der Waals surface area contributed by atoms with E-state index in [1.54, 1.807) is 18.2 Å². The highest BCUT2D eigenvalue weighted by molar-refractivity contribution is 5.93. The van der Waals surface area contributed by atoms with E-state index in [4.69, 9.17) is 42.3 Å². The van der Waals surface area contributed by atoms with Crippen LogP contribution in [0.3, 0.4) is 0 Å². The maximum absolute atomic E-state index is 12.9. The Bertz CT molecular complexity index is 1680. The van der Waals surface area contributed by atoms with Gasteiger partial charge in [-0.2, -0.15) is 0 Å². The van der Waals surface area contributed by atoms with Crippen LogP contribution in [0.1, 0.15) is 38.1 Å². The Hall–Kier alpha value is -5.44. The van der Waals surface area contributed by atoms with Crippen molar-refractivity contribution in [3.8, 4) is 17.2 Å². The SMILES string of the molecule is COc1c(OC(=O)c2ccccc2)c(=O)oc2cc(O[C@H]3O[C@H](COC(C)=O)[C@@H](OC(C)=O)[C@H](OC(C)=O)[C@@H]3OC(C)=O)ccc12. The molecule has 5 atom stereocenters. The highest BCUT2D eigenvalue weighted by Crippen LogP contribution is 2.36. The lowest BCUT2D eigenvalue weighted by Crippen LogP contribution is -2.63. The number of benzene rings is 2. The Morgan fingerprint density at radius 2 is 1.39 bits per heavy atom. The van der Waals surface area contributed by atoms with E-state index in [-0.39, 0.29) is 28.0 Å². The van der Waals surface area contributed by atoms with E-state index in [9.17, 15) is 28.8 Å². The van der Waals surface area contributed by atoms with E-state index in [0.717, 1.165) is 27.7 Å². The van der Waals surface area contributed by atoms with Gasteiger partial charge in [-0.25, -0.2) is 9.59 Å². The summed E-state index contributed by atoms with van der Waals surface area (Å²) in [6.07, 6.45) is -7.09. The average Bonchev–Trinajstić information content (AvgIpc) is 2.99. The summed E-state index contributed by atoms with van der Waals surface area (Å²) in [6.45, 7) is 3.97. The number of hydrogen-bond donors (Lipinski definition) is 0. The largest absolute Gasteiger partial charge is 0.492 e. The summed E-state index contributed by atoms with van der Waals surface area (Å²) < 4.78 is 49.3. The Balaban J connectivity index is 1.71. The number of esters is 5. The minimum atomic E-state index is -1.53. The van der Waals surface area contributed by atoms with Crippen LogP contribution < -0.4 is 19.8 Å². The lowest BCUT2D eigenvalue weighted by molar-refractivity contribution is -0.288. The average molecular weight is 643 g/mol. The molecular formula is C31H30O15. The van der Waals surface area contributed by atoms with Crippen molar-refractivity contribution in [2.24, 2.45) is 0 Å². The monoisotopic (exact) mass is 642 g/mol. The summed E-state index contributed by atoms with van der Waals surface area (Å²) in [5, 5.41) is 0.229. The van der Waals surface area contributed by atoms with Gasteiger partial charge in [0.1, 0.15) is 24.0 Å². The van der Waals surface area contributed by atoms with Crippen LogP contribution in [0.4, 0.5) is 0 Å². The van der Waals surface area contributed by atoms with Crippen LogP contribution in [0.25, 0.3) is 11.0 Å². The molecule has 15 heteroatoms. The van der Waals surface area contributed by atoms with Gasteiger partial charge in [-0.05, 0) is 24.3 Å². The topological polar surface area (TPSA) is 189 Å². The van der Waals surface area contributed by atoms with E-state index < -0.39 is 78.5 Å². The lowest BCUT2D eigenvalue weighted by Gasteiger charge is -2.43. The Morgan fingerprint density at radius 1 is 0.761 bits per heavy atom. The van der Waals surface area contributed by atoms with Crippen LogP contribution in [0, 0.1) is 0 Å². The highest BCUT2D eigenvalue weighted by atomic mass is 16.7. The second-order valence-corrected chi connectivity index (χ2v) is 9.85. The minimum absolute atomic E-state index is 0.00707. The zero-order chi connectivity index (χ0) is 33.5. The predicted octanol–water partition coefficient (Wildman–Crippen LogP) is 2.48. The molecule has 0 amide bonds. The molecule has 0 radical (unpaired) electrons. The van der Waals surface area contributed by atoms with E-state index in [2.05, 4.69) is 0 Å². The first-order valence-corrected chi connectivity index (χ1v) is 13.8. The van der Waals surface area contributed by atoms with Crippen LogP contribution in [0.5, 0.6) is 17.2 Å². The molecule has 15 nitrogen and oxygen atoms in total. The fourth-order valence-corrected chi connectivity index (χ4v) is 4.64. The summed E-state index contributed by atoms with van der Waals surface area (Å²) in [7, 11) is 1.27. The molecule has 0 aliphatic carbocycles.